The number of halogens is 1. The molecule has 20 heavy (non-hydrogen) atoms. The molecule has 1 amide bonds. The van der Waals surface area contributed by atoms with Gasteiger partial charge in [-0.2, -0.15) is 5.10 Å². The number of aryl methyl sites for hydroxylation is 1. The number of anilines is 1. The Morgan fingerprint density at radius 2 is 2.25 bits per heavy atom. The van der Waals surface area contributed by atoms with Crippen molar-refractivity contribution in [3.8, 4) is 0 Å². The van der Waals surface area contributed by atoms with Crippen molar-refractivity contribution in [2.75, 3.05) is 12.3 Å². The number of carbonyl (C=O) groups is 1. The maximum absolute atomic E-state index is 13.0. The second-order valence-electron chi connectivity index (χ2n) is 4.61. The van der Waals surface area contributed by atoms with E-state index in [1.54, 1.807) is 18.3 Å². The normalized spacial score (nSPS) is 10.5. The molecule has 1 aromatic heterocycles. The molecule has 0 aliphatic carbocycles. The quantitative estimate of drug-likeness (QED) is 0.863. The molecule has 6 heteroatoms. The molecule has 1 aromatic carbocycles. The van der Waals surface area contributed by atoms with Crippen molar-refractivity contribution in [2.45, 2.75) is 19.9 Å². The number of hydrogen-bond acceptors (Lipinski definition) is 3. The van der Waals surface area contributed by atoms with Gasteiger partial charge in [-0.1, -0.05) is 6.07 Å². The van der Waals surface area contributed by atoms with Gasteiger partial charge >= 0.3 is 0 Å². The molecule has 3 N–H and O–H groups in total. The Morgan fingerprint density at radius 1 is 1.45 bits per heavy atom. The van der Waals surface area contributed by atoms with Gasteiger partial charge in [0, 0.05) is 12.7 Å². The van der Waals surface area contributed by atoms with E-state index in [4.69, 9.17) is 5.73 Å². The number of amides is 1. The zero-order valence-electron chi connectivity index (χ0n) is 11.3. The SMILES string of the molecule is Cc1cc(F)ccc1CCNC(=O)Cn1ccc(N)n1. The van der Waals surface area contributed by atoms with E-state index in [2.05, 4.69) is 10.4 Å². The van der Waals surface area contributed by atoms with Gasteiger partial charge in [0.1, 0.15) is 18.2 Å². The summed E-state index contributed by atoms with van der Waals surface area (Å²) in [4.78, 5) is 11.7. The van der Waals surface area contributed by atoms with Crippen LogP contribution in [0.4, 0.5) is 10.2 Å². The summed E-state index contributed by atoms with van der Waals surface area (Å²) in [5, 5.41) is 6.73. The van der Waals surface area contributed by atoms with Crippen molar-refractivity contribution in [1.82, 2.24) is 15.1 Å². The minimum Gasteiger partial charge on any atom is -0.382 e. The maximum Gasteiger partial charge on any atom is 0.241 e. The van der Waals surface area contributed by atoms with Gasteiger partial charge in [-0.05, 0) is 42.7 Å². The smallest absolute Gasteiger partial charge is 0.241 e. The molecule has 0 atom stereocenters. The maximum atomic E-state index is 13.0. The van der Waals surface area contributed by atoms with E-state index in [-0.39, 0.29) is 18.3 Å². The van der Waals surface area contributed by atoms with Crippen LogP contribution in [-0.4, -0.2) is 22.2 Å². The van der Waals surface area contributed by atoms with E-state index in [0.717, 1.165) is 11.1 Å². The van der Waals surface area contributed by atoms with Gasteiger partial charge in [-0.15, -0.1) is 0 Å². The first-order chi connectivity index (χ1) is 9.54. The summed E-state index contributed by atoms with van der Waals surface area (Å²) in [7, 11) is 0. The van der Waals surface area contributed by atoms with E-state index < -0.39 is 0 Å². The molecule has 2 rings (SSSR count). The van der Waals surface area contributed by atoms with Gasteiger partial charge in [0.2, 0.25) is 5.91 Å². The number of rotatable bonds is 5. The van der Waals surface area contributed by atoms with Crippen molar-refractivity contribution < 1.29 is 9.18 Å². The van der Waals surface area contributed by atoms with Crippen LogP contribution < -0.4 is 11.1 Å². The first-order valence-corrected chi connectivity index (χ1v) is 6.35. The molecule has 106 valence electrons. The lowest BCUT2D eigenvalue weighted by Crippen LogP contribution is -2.29. The van der Waals surface area contributed by atoms with Gasteiger partial charge in [0.25, 0.3) is 0 Å². The Kier molecular flexibility index (Phi) is 4.34. The van der Waals surface area contributed by atoms with Crippen LogP contribution in [0, 0.1) is 12.7 Å². The fraction of sp³-hybridized carbons (Fsp3) is 0.286. The molecule has 0 saturated carbocycles. The van der Waals surface area contributed by atoms with Crippen LogP contribution in [0.2, 0.25) is 0 Å². The third-order valence-corrected chi connectivity index (χ3v) is 2.99. The van der Waals surface area contributed by atoms with Gasteiger partial charge < -0.3 is 11.1 Å². The summed E-state index contributed by atoms with van der Waals surface area (Å²) in [6, 6.07) is 6.29. The molecule has 5 nitrogen and oxygen atoms in total. The molecule has 0 saturated heterocycles. The average Bonchev–Trinajstić information content (AvgIpc) is 2.77. The van der Waals surface area contributed by atoms with Crippen molar-refractivity contribution >= 4 is 11.7 Å². The summed E-state index contributed by atoms with van der Waals surface area (Å²) in [5.74, 6) is 0.0131. The minimum atomic E-state index is -0.244. The Hall–Kier alpha value is -2.37. The van der Waals surface area contributed by atoms with E-state index in [1.807, 2.05) is 6.92 Å². The number of nitrogens with one attached hydrogen (secondary N) is 1. The number of nitrogens with zero attached hydrogens (tertiary/aromatic N) is 2. The molecule has 0 radical (unpaired) electrons. The molecule has 1 heterocycles. The number of nitrogen functional groups attached to an aromatic ring is 1. The Bertz CT molecular complexity index is 609. The lowest BCUT2D eigenvalue weighted by atomic mass is 10.1. The van der Waals surface area contributed by atoms with E-state index in [1.165, 1.54) is 16.8 Å². The molecule has 0 aliphatic heterocycles. The molecular weight excluding hydrogens is 259 g/mol. The van der Waals surface area contributed by atoms with Crippen LogP contribution in [0.1, 0.15) is 11.1 Å². The highest BCUT2D eigenvalue weighted by Crippen LogP contribution is 2.10. The van der Waals surface area contributed by atoms with Crippen LogP contribution in [0.25, 0.3) is 0 Å². The monoisotopic (exact) mass is 276 g/mol. The highest BCUT2D eigenvalue weighted by molar-refractivity contribution is 5.75. The highest BCUT2D eigenvalue weighted by atomic mass is 19.1. The van der Waals surface area contributed by atoms with Gasteiger partial charge in [0.05, 0.1) is 0 Å². The van der Waals surface area contributed by atoms with Crippen LogP contribution in [0.5, 0.6) is 0 Å². The van der Waals surface area contributed by atoms with Gasteiger partial charge in [-0.3, -0.25) is 9.48 Å². The molecular formula is C14H17FN4O. The number of carbonyl (C=O) groups excluding carboxylic acids is 1. The molecule has 0 unspecified atom stereocenters. The van der Waals surface area contributed by atoms with Crippen LogP contribution >= 0.6 is 0 Å². The first kappa shape index (κ1) is 14.0. The summed E-state index contributed by atoms with van der Waals surface area (Å²) >= 11 is 0. The minimum absolute atomic E-state index is 0.132. The largest absolute Gasteiger partial charge is 0.382 e. The Morgan fingerprint density at radius 3 is 2.90 bits per heavy atom. The van der Waals surface area contributed by atoms with E-state index in [0.29, 0.717) is 18.8 Å². The highest BCUT2D eigenvalue weighted by Gasteiger charge is 2.05. The van der Waals surface area contributed by atoms with Crippen LogP contribution in [-0.2, 0) is 17.8 Å². The lowest BCUT2D eigenvalue weighted by Gasteiger charge is -2.08. The second-order valence-corrected chi connectivity index (χ2v) is 4.61. The lowest BCUT2D eigenvalue weighted by molar-refractivity contribution is -0.121. The van der Waals surface area contributed by atoms with Crippen LogP contribution in [0.15, 0.2) is 30.5 Å². The molecule has 0 spiro atoms. The molecule has 0 bridgehead atoms. The number of nitrogens with two attached hydrogens (primary N) is 1. The summed E-state index contributed by atoms with van der Waals surface area (Å²) in [5.41, 5.74) is 7.38. The Labute approximate surface area is 116 Å². The van der Waals surface area contributed by atoms with Crippen molar-refractivity contribution in [2.24, 2.45) is 0 Å². The summed E-state index contributed by atoms with van der Waals surface area (Å²) in [6.45, 7) is 2.49. The topological polar surface area (TPSA) is 72.9 Å². The standard InChI is InChI=1S/C14H17FN4O/c1-10-8-12(15)3-2-11(10)4-6-17-14(20)9-19-7-5-13(16)18-19/h2-3,5,7-8H,4,6,9H2,1H3,(H2,16,18)(H,17,20). The molecule has 0 fully saturated rings. The van der Waals surface area contributed by atoms with E-state index in [9.17, 15) is 9.18 Å². The molecule has 2 aromatic rings. The van der Waals surface area contributed by atoms with Crippen molar-refractivity contribution in [3.05, 3.63) is 47.4 Å². The molecule has 0 aliphatic rings. The third-order valence-electron chi connectivity index (χ3n) is 2.99. The summed E-state index contributed by atoms with van der Waals surface area (Å²) < 4.78 is 14.4. The van der Waals surface area contributed by atoms with Gasteiger partial charge in [0.15, 0.2) is 0 Å². The van der Waals surface area contributed by atoms with E-state index >= 15 is 0 Å². The fourth-order valence-corrected chi connectivity index (χ4v) is 1.94. The second kappa shape index (κ2) is 6.18. The van der Waals surface area contributed by atoms with Gasteiger partial charge in [-0.25, -0.2) is 4.39 Å². The summed E-state index contributed by atoms with van der Waals surface area (Å²) in [6.07, 6.45) is 2.32. The first-order valence-electron chi connectivity index (χ1n) is 6.35. The Balaban J connectivity index is 1.79. The van der Waals surface area contributed by atoms with Crippen molar-refractivity contribution in [1.29, 1.82) is 0 Å². The fourth-order valence-electron chi connectivity index (χ4n) is 1.94. The number of hydrogen-bond donors (Lipinski definition) is 2. The zero-order valence-corrected chi connectivity index (χ0v) is 11.3. The number of aromatic nitrogens is 2. The zero-order chi connectivity index (χ0) is 14.5. The predicted molar refractivity (Wildman–Crippen MR) is 74.5 cm³/mol. The predicted octanol–water partition coefficient (Wildman–Crippen LogP) is 1.27. The van der Waals surface area contributed by atoms with Crippen molar-refractivity contribution in [3.63, 3.8) is 0 Å². The third kappa shape index (κ3) is 3.81. The number of benzene rings is 1. The van der Waals surface area contributed by atoms with Crippen LogP contribution in [0.3, 0.4) is 0 Å². The average molecular weight is 276 g/mol.